The Labute approximate surface area is 211 Å². The van der Waals surface area contributed by atoms with Gasteiger partial charge >= 0.3 is 0 Å². The molecule has 0 atom stereocenters. The third-order valence-electron chi connectivity index (χ3n) is 5.36. The highest BCUT2D eigenvalue weighted by molar-refractivity contribution is 14.0. The molecule has 7 heteroatoms. The van der Waals surface area contributed by atoms with Gasteiger partial charge in [-0.3, -0.25) is 4.79 Å². The second-order valence-electron chi connectivity index (χ2n) is 7.82. The number of hydrogen-bond acceptors (Lipinski definition) is 3. The molecule has 3 N–H and O–H groups in total. The molecule has 1 amide bonds. The standard InChI is InChI=1S/C26H28N4O2.HI/c27-26(29-22-8-7-11-24(18-22)32-23-9-3-1-4-10-23)28-19-20-12-14-21(15-13-20)25(31)30-16-5-2-6-17-30;/h1,3-4,7-15,18H,2,5-6,16-17,19H2,(H3,27,28,29);1H. The molecule has 33 heavy (non-hydrogen) atoms. The lowest BCUT2D eigenvalue weighted by Crippen LogP contribution is -2.35. The van der Waals surface area contributed by atoms with Gasteiger partial charge in [0.25, 0.3) is 5.91 Å². The van der Waals surface area contributed by atoms with Crippen molar-refractivity contribution in [1.82, 2.24) is 4.90 Å². The summed E-state index contributed by atoms with van der Waals surface area (Å²) in [6.07, 6.45) is 3.39. The molecule has 1 aliphatic heterocycles. The van der Waals surface area contributed by atoms with Crippen LogP contribution < -0.4 is 15.8 Å². The number of benzene rings is 3. The van der Waals surface area contributed by atoms with Crippen molar-refractivity contribution in [3.63, 3.8) is 0 Å². The topological polar surface area (TPSA) is 80.0 Å². The molecule has 0 bridgehead atoms. The van der Waals surface area contributed by atoms with Crippen molar-refractivity contribution in [3.8, 4) is 11.5 Å². The second kappa shape index (κ2) is 12.2. The molecule has 0 unspecified atom stereocenters. The van der Waals surface area contributed by atoms with E-state index in [1.807, 2.05) is 83.8 Å². The van der Waals surface area contributed by atoms with Crippen molar-refractivity contribution < 1.29 is 9.53 Å². The molecule has 1 saturated heterocycles. The summed E-state index contributed by atoms with van der Waals surface area (Å²) < 4.78 is 5.85. The fourth-order valence-corrected chi connectivity index (χ4v) is 3.66. The summed E-state index contributed by atoms with van der Waals surface area (Å²) in [7, 11) is 0. The van der Waals surface area contributed by atoms with Crippen LogP contribution in [0.15, 0.2) is 83.9 Å². The molecule has 0 radical (unpaired) electrons. The highest BCUT2D eigenvalue weighted by Gasteiger charge is 2.17. The maximum Gasteiger partial charge on any atom is 0.253 e. The zero-order valence-electron chi connectivity index (χ0n) is 18.4. The number of hydrogen-bond donors (Lipinski definition) is 2. The Kier molecular flexibility index (Phi) is 9.12. The predicted octanol–water partition coefficient (Wildman–Crippen LogP) is 5.65. The van der Waals surface area contributed by atoms with Crippen molar-refractivity contribution in [2.24, 2.45) is 10.7 Å². The van der Waals surface area contributed by atoms with Gasteiger partial charge in [-0.25, -0.2) is 4.99 Å². The van der Waals surface area contributed by atoms with Crippen LogP contribution in [0, 0.1) is 0 Å². The first-order chi connectivity index (χ1) is 15.7. The minimum Gasteiger partial charge on any atom is -0.457 e. The molecule has 1 aliphatic rings. The number of nitrogens with two attached hydrogens (primary N) is 1. The fourth-order valence-electron chi connectivity index (χ4n) is 3.66. The van der Waals surface area contributed by atoms with Gasteiger partial charge in [0.15, 0.2) is 5.96 Å². The highest BCUT2D eigenvalue weighted by Crippen LogP contribution is 2.23. The van der Waals surface area contributed by atoms with E-state index in [1.165, 1.54) is 6.42 Å². The number of rotatable bonds is 6. The van der Waals surface area contributed by atoms with E-state index in [0.717, 1.165) is 48.5 Å². The Morgan fingerprint density at radius 3 is 2.33 bits per heavy atom. The lowest BCUT2D eigenvalue weighted by atomic mass is 10.1. The van der Waals surface area contributed by atoms with Gasteiger partial charge in [-0.2, -0.15) is 0 Å². The van der Waals surface area contributed by atoms with E-state index in [-0.39, 0.29) is 29.9 Å². The van der Waals surface area contributed by atoms with Gasteiger partial charge in [0.05, 0.1) is 6.54 Å². The number of halogens is 1. The van der Waals surface area contributed by atoms with E-state index in [1.54, 1.807) is 0 Å². The number of carbonyl (C=O) groups is 1. The zero-order valence-corrected chi connectivity index (χ0v) is 20.8. The Bertz CT molecular complexity index is 1070. The number of amides is 1. The molecular weight excluding hydrogens is 527 g/mol. The molecule has 1 heterocycles. The highest BCUT2D eigenvalue weighted by atomic mass is 127. The monoisotopic (exact) mass is 556 g/mol. The molecule has 3 aromatic carbocycles. The summed E-state index contributed by atoms with van der Waals surface area (Å²) in [4.78, 5) is 18.9. The van der Waals surface area contributed by atoms with Crippen LogP contribution in [-0.4, -0.2) is 29.9 Å². The molecule has 0 aromatic heterocycles. The van der Waals surface area contributed by atoms with Crippen molar-refractivity contribution >= 4 is 41.5 Å². The fraction of sp³-hybridized carbons (Fsp3) is 0.231. The summed E-state index contributed by atoms with van der Waals surface area (Å²) in [6.45, 7) is 2.13. The molecule has 6 nitrogen and oxygen atoms in total. The smallest absolute Gasteiger partial charge is 0.253 e. The minimum absolute atomic E-state index is 0. The molecule has 4 rings (SSSR count). The molecule has 0 saturated carbocycles. The van der Waals surface area contributed by atoms with Crippen LogP contribution >= 0.6 is 24.0 Å². The number of nitrogens with zero attached hydrogens (tertiary/aromatic N) is 2. The Balaban J connectivity index is 0.00000306. The number of para-hydroxylation sites is 1. The third-order valence-corrected chi connectivity index (χ3v) is 5.36. The van der Waals surface area contributed by atoms with Crippen LogP contribution in [0.5, 0.6) is 11.5 Å². The number of carbonyl (C=O) groups excluding carboxylic acids is 1. The number of ether oxygens (including phenoxy) is 1. The first kappa shape index (κ1) is 24.6. The van der Waals surface area contributed by atoms with Crippen molar-refractivity contribution in [3.05, 3.63) is 90.0 Å². The van der Waals surface area contributed by atoms with Crippen molar-refractivity contribution in [2.45, 2.75) is 25.8 Å². The summed E-state index contributed by atoms with van der Waals surface area (Å²) in [6, 6.07) is 24.8. The zero-order chi connectivity index (χ0) is 22.2. The first-order valence-electron chi connectivity index (χ1n) is 11.0. The van der Waals surface area contributed by atoms with E-state index in [4.69, 9.17) is 10.5 Å². The van der Waals surface area contributed by atoms with Gasteiger partial charge in [-0.05, 0) is 61.2 Å². The number of likely N-dealkylation sites (tertiary alicyclic amines) is 1. The lowest BCUT2D eigenvalue weighted by Gasteiger charge is -2.26. The van der Waals surface area contributed by atoms with E-state index < -0.39 is 0 Å². The van der Waals surface area contributed by atoms with Crippen LogP contribution in [0.25, 0.3) is 0 Å². The van der Waals surface area contributed by atoms with Crippen LogP contribution in [0.3, 0.4) is 0 Å². The Morgan fingerprint density at radius 1 is 0.909 bits per heavy atom. The largest absolute Gasteiger partial charge is 0.457 e. The van der Waals surface area contributed by atoms with Crippen LogP contribution in [0.2, 0.25) is 0 Å². The number of aliphatic imine (C=N–C) groups is 1. The summed E-state index contributed by atoms with van der Waals surface area (Å²) in [5, 5.41) is 3.10. The number of anilines is 1. The average molecular weight is 556 g/mol. The van der Waals surface area contributed by atoms with Crippen LogP contribution in [-0.2, 0) is 6.54 Å². The van der Waals surface area contributed by atoms with Gasteiger partial charge in [0.1, 0.15) is 11.5 Å². The summed E-state index contributed by atoms with van der Waals surface area (Å²) >= 11 is 0. The van der Waals surface area contributed by atoms with Gasteiger partial charge < -0.3 is 20.7 Å². The second-order valence-corrected chi connectivity index (χ2v) is 7.82. The number of nitrogens with one attached hydrogen (secondary N) is 1. The van der Waals surface area contributed by atoms with Crippen LogP contribution in [0.4, 0.5) is 5.69 Å². The predicted molar refractivity (Wildman–Crippen MR) is 144 cm³/mol. The molecule has 1 fully saturated rings. The molecular formula is C26H29IN4O2. The first-order valence-corrected chi connectivity index (χ1v) is 11.0. The number of guanidine groups is 1. The third kappa shape index (κ3) is 7.21. The van der Waals surface area contributed by atoms with Crippen molar-refractivity contribution in [1.29, 1.82) is 0 Å². The Hall–Kier alpha value is -3.07. The van der Waals surface area contributed by atoms with Gasteiger partial charge in [-0.15, -0.1) is 24.0 Å². The lowest BCUT2D eigenvalue weighted by molar-refractivity contribution is 0.0724. The quantitative estimate of drug-likeness (QED) is 0.234. The maximum atomic E-state index is 12.6. The van der Waals surface area contributed by atoms with Crippen LogP contribution in [0.1, 0.15) is 35.2 Å². The van der Waals surface area contributed by atoms with E-state index in [9.17, 15) is 4.79 Å². The summed E-state index contributed by atoms with van der Waals surface area (Å²) in [5.41, 5.74) is 8.58. The summed E-state index contributed by atoms with van der Waals surface area (Å²) in [5.74, 6) is 1.91. The normalized spacial score (nSPS) is 13.7. The molecule has 0 spiro atoms. The van der Waals surface area contributed by atoms with E-state index in [0.29, 0.717) is 18.3 Å². The molecule has 0 aliphatic carbocycles. The van der Waals surface area contributed by atoms with Gasteiger partial charge in [0, 0.05) is 30.4 Å². The van der Waals surface area contributed by atoms with Gasteiger partial charge in [-0.1, -0.05) is 36.4 Å². The SMILES string of the molecule is I.NC(=NCc1ccc(C(=O)N2CCCCC2)cc1)Nc1cccc(Oc2ccccc2)c1. The average Bonchev–Trinajstić information content (AvgIpc) is 2.84. The number of piperidine rings is 1. The van der Waals surface area contributed by atoms with E-state index >= 15 is 0 Å². The minimum atomic E-state index is 0. The van der Waals surface area contributed by atoms with E-state index in [2.05, 4.69) is 10.3 Å². The van der Waals surface area contributed by atoms with Crippen molar-refractivity contribution in [2.75, 3.05) is 18.4 Å². The molecule has 172 valence electrons. The maximum absolute atomic E-state index is 12.6. The van der Waals surface area contributed by atoms with Gasteiger partial charge in [0.2, 0.25) is 0 Å². The molecule has 3 aromatic rings. The Morgan fingerprint density at radius 2 is 1.61 bits per heavy atom.